The fourth-order valence-electron chi connectivity index (χ4n) is 4.24. The molecule has 0 bridgehead atoms. The molecule has 8 heteroatoms. The van der Waals surface area contributed by atoms with Crippen molar-refractivity contribution in [3.05, 3.63) is 112 Å². The summed E-state index contributed by atoms with van der Waals surface area (Å²) in [6.45, 7) is 1.71. The summed E-state index contributed by atoms with van der Waals surface area (Å²) in [5.74, 6) is -1.96. The Kier molecular flexibility index (Phi) is 5.84. The molecular formula is C28H19N3O4S. The van der Waals surface area contributed by atoms with Gasteiger partial charge in [0.25, 0.3) is 5.91 Å². The third-order valence-electron chi connectivity index (χ3n) is 5.94. The van der Waals surface area contributed by atoms with Crippen LogP contribution < -0.4 is 4.90 Å². The second kappa shape index (κ2) is 9.13. The van der Waals surface area contributed by atoms with Crippen LogP contribution in [0.5, 0.6) is 5.75 Å². The summed E-state index contributed by atoms with van der Waals surface area (Å²) in [5.41, 5.74) is 2.50. The molecule has 1 unspecified atom stereocenters. The number of aliphatic hydroxyl groups is 1. The summed E-state index contributed by atoms with van der Waals surface area (Å²) in [6, 6.07) is 23.0. The molecule has 5 rings (SSSR count). The van der Waals surface area contributed by atoms with Gasteiger partial charge in [-0.2, -0.15) is 5.26 Å². The van der Waals surface area contributed by atoms with Crippen LogP contribution in [0.1, 0.15) is 32.5 Å². The third-order valence-corrected chi connectivity index (χ3v) is 7.14. The van der Waals surface area contributed by atoms with Crippen LogP contribution in [0.15, 0.2) is 90.2 Å². The molecule has 0 fully saturated rings. The summed E-state index contributed by atoms with van der Waals surface area (Å²) in [4.78, 5) is 33.4. The van der Waals surface area contributed by atoms with Gasteiger partial charge in [-0.05, 0) is 48.9 Å². The van der Waals surface area contributed by atoms with Gasteiger partial charge >= 0.3 is 0 Å². The number of nitrogens with zero attached hydrogens (tertiary/aromatic N) is 3. The second-order valence-corrected chi connectivity index (χ2v) is 9.22. The van der Waals surface area contributed by atoms with Crippen molar-refractivity contribution in [1.82, 2.24) is 4.98 Å². The lowest BCUT2D eigenvalue weighted by Crippen LogP contribution is -2.31. The topological polar surface area (TPSA) is 115 Å². The molecule has 4 aromatic rings. The van der Waals surface area contributed by atoms with E-state index in [1.807, 2.05) is 36.4 Å². The summed E-state index contributed by atoms with van der Waals surface area (Å²) < 4.78 is 0. The van der Waals surface area contributed by atoms with Gasteiger partial charge in [0.15, 0.2) is 5.76 Å². The molecule has 1 aromatic heterocycles. The van der Waals surface area contributed by atoms with Gasteiger partial charge in [-0.15, -0.1) is 11.3 Å². The molecule has 2 heterocycles. The average molecular weight is 494 g/mol. The third kappa shape index (κ3) is 3.91. The lowest BCUT2D eigenvalue weighted by molar-refractivity contribution is -0.117. The van der Waals surface area contributed by atoms with Crippen molar-refractivity contribution in [2.75, 3.05) is 4.90 Å². The van der Waals surface area contributed by atoms with E-state index in [0.717, 1.165) is 5.56 Å². The molecule has 36 heavy (non-hydrogen) atoms. The van der Waals surface area contributed by atoms with E-state index in [4.69, 9.17) is 5.26 Å². The van der Waals surface area contributed by atoms with Crippen LogP contribution in [0.3, 0.4) is 0 Å². The molecule has 0 radical (unpaired) electrons. The van der Waals surface area contributed by atoms with E-state index in [1.54, 1.807) is 43.3 Å². The average Bonchev–Trinajstić information content (AvgIpc) is 3.41. The lowest BCUT2D eigenvalue weighted by atomic mass is 9.94. The zero-order valence-corrected chi connectivity index (χ0v) is 19.9. The number of aryl methyl sites for hydroxylation is 1. The number of Topliss-reactive ketones (excluding diaryl/α,β-unsaturated/α-hetero) is 1. The van der Waals surface area contributed by atoms with E-state index < -0.39 is 23.5 Å². The summed E-state index contributed by atoms with van der Waals surface area (Å²) in [7, 11) is 0. The van der Waals surface area contributed by atoms with Crippen molar-refractivity contribution in [2.24, 2.45) is 0 Å². The van der Waals surface area contributed by atoms with Crippen LogP contribution in [-0.4, -0.2) is 26.9 Å². The first-order valence-corrected chi connectivity index (χ1v) is 11.8. The molecule has 1 atom stereocenters. The highest BCUT2D eigenvalue weighted by atomic mass is 32.1. The summed E-state index contributed by atoms with van der Waals surface area (Å²) in [6.07, 6.45) is 0. The molecule has 1 aliphatic heterocycles. The van der Waals surface area contributed by atoms with Crippen LogP contribution in [0.4, 0.5) is 5.69 Å². The molecule has 7 nitrogen and oxygen atoms in total. The van der Waals surface area contributed by atoms with E-state index in [9.17, 15) is 19.8 Å². The minimum absolute atomic E-state index is 0.0433. The SMILES string of the molecule is Cc1nc(-c2ccccc2)sc1C(=O)C1=C(O)C(=O)N(c2ccc(C#N)cc2)C1c1cccc(O)c1. The number of thiazole rings is 1. The van der Waals surface area contributed by atoms with E-state index in [-0.39, 0.29) is 11.3 Å². The van der Waals surface area contributed by atoms with Gasteiger partial charge in [-0.3, -0.25) is 14.5 Å². The van der Waals surface area contributed by atoms with E-state index in [2.05, 4.69) is 4.98 Å². The van der Waals surface area contributed by atoms with Gasteiger partial charge in [-0.1, -0.05) is 42.5 Å². The maximum Gasteiger partial charge on any atom is 0.294 e. The molecule has 176 valence electrons. The van der Waals surface area contributed by atoms with Crippen molar-refractivity contribution in [3.63, 3.8) is 0 Å². The minimum Gasteiger partial charge on any atom is -0.508 e. The van der Waals surface area contributed by atoms with Crippen LogP contribution in [-0.2, 0) is 4.79 Å². The normalized spacial score (nSPS) is 15.3. The fourth-order valence-corrected chi connectivity index (χ4v) is 5.27. The number of aromatic hydroxyl groups is 1. The molecule has 1 aliphatic rings. The maximum atomic E-state index is 13.9. The van der Waals surface area contributed by atoms with Crippen molar-refractivity contribution in [2.45, 2.75) is 13.0 Å². The molecular weight excluding hydrogens is 474 g/mol. The fraction of sp³-hybridized carbons (Fsp3) is 0.0714. The monoisotopic (exact) mass is 493 g/mol. The van der Waals surface area contributed by atoms with E-state index >= 15 is 0 Å². The first-order valence-electron chi connectivity index (χ1n) is 11.0. The molecule has 2 N–H and O–H groups in total. The Morgan fingerprint density at radius 1 is 1.03 bits per heavy atom. The maximum absolute atomic E-state index is 13.9. The number of anilines is 1. The zero-order valence-electron chi connectivity index (χ0n) is 19.0. The molecule has 0 aliphatic carbocycles. The molecule has 0 saturated heterocycles. The van der Waals surface area contributed by atoms with Crippen LogP contribution in [0, 0.1) is 18.3 Å². The Morgan fingerprint density at radius 3 is 2.42 bits per heavy atom. The van der Waals surface area contributed by atoms with Gasteiger partial charge in [0, 0.05) is 11.3 Å². The van der Waals surface area contributed by atoms with Crippen LogP contribution in [0.25, 0.3) is 10.6 Å². The standard InChI is InChI=1S/C28H19N3O4S/c1-16-26(36-27(30-16)18-6-3-2-4-7-18)24(33)22-23(19-8-5-9-21(32)14-19)31(28(35)25(22)34)20-12-10-17(15-29)11-13-20/h2-14,23,32,34H,1H3. The van der Waals surface area contributed by atoms with Crippen molar-refractivity contribution < 1.29 is 19.8 Å². The van der Waals surface area contributed by atoms with Gasteiger partial charge in [-0.25, -0.2) is 4.98 Å². The number of carbonyl (C=O) groups excluding carboxylic acids is 2. The number of aromatic nitrogens is 1. The summed E-state index contributed by atoms with van der Waals surface area (Å²) in [5, 5.41) is 30.9. The Morgan fingerprint density at radius 2 is 1.75 bits per heavy atom. The van der Waals surface area contributed by atoms with Crippen molar-refractivity contribution >= 4 is 28.7 Å². The largest absolute Gasteiger partial charge is 0.508 e. The Bertz CT molecular complexity index is 1570. The molecule has 0 spiro atoms. The first kappa shape index (κ1) is 23.0. The van der Waals surface area contributed by atoms with Gasteiger partial charge in [0.05, 0.1) is 33.8 Å². The van der Waals surface area contributed by atoms with Gasteiger partial charge < -0.3 is 10.2 Å². The highest BCUT2D eigenvalue weighted by Gasteiger charge is 2.45. The predicted molar refractivity (Wildman–Crippen MR) is 136 cm³/mol. The number of phenols is 1. The lowest BCUT2D eigenvalue weighted by Gasteiger charge is -2.27. The number of ketones is 1. The molecule has 3 aromatic carbocycles. The van der Waals surface area contributed by atoms with Crippen molar-refractivity contribution in [1.29, 1.82) is 5.26 Å². The minimum atomic E-state index is -0.994. The number of hydrogen-bond acceptors (Lipinski definition) is 7. The number of hydrogen-bond donors (Lipinski definition) is 2. The Labute approximate surface area is 210 Å². The molecule has 1 amide bonds. The number of amides is 1. The highest BCUT2D eigenvalue weighted by Crippen LogP contribution is 2.43. The number of rotatable bonds is 5. The predicted octanol–water partition coefficient (Wildman–Crippen LogP) is 5.48. The number of carbonyl (C=O) groups is 2. The zero-order chi connectivity index (χ0) is 25.4. The Balaban J connectivity index is 1.63. The number of nitriles is 1. The highest BCUT2D eigenvalue weighted by molar-refractivity contribution is 7.17. The first-order chi connectivity index (χ1) is 17.4. The summed E-state index contributed by atoms with van der Waals surface area (Å²) >= 11 is 1.19. The van der Waals surface area contributed by atoms with E-state index in [0.29, 0.717) is 32.4 Å². The Hall–Kier alpha value is -4.74. The van der Waals surface area contributed by atoms with Crippen LogP contribution >= 0.6 is 11.3 Å². The molecule has 0 saturated carbocycles. The van der Waals surface area contributed by atoms with Gasteiger partial charge in [0.1, 0.15) is 10.8 Å². The second-order valence-electron chi connectivity index (χ2n) is 8.22. The van der Waals surface area contributed by atoms with E-state index in [1.165, 1.54) is 28.4 Å². The quantitative estimate of drug-likeness (QED) is 0.356. The number of aliphatic hydroxyl groups excluding tert-OH is 1. The number of benzene rings is 3. The van der Waals surface area contributed by atoms with Crippen LogP contribution in [0.2, 0.25) is 0 Å². The number of phenolic OH excluding ortho intramolecular Hbond substituents is 1. The van der Waals surface area contributed by atoms with Crippen molar-refractivity contribution in [3.8, 4) is 22.4 Å². The van der Waals surface area contributed by atoms with Gasteiger partial charge in [0.2, 0.25) is 5.78 Å². The smallest absolute Gasteiger partial charge is 0.294 e.